The summed E-state index contributed by atoms with van der Waals surface area (Å²) in [6, 6.07) is 10.6. The van der Waals surface area contributed by atoms with Crippen molar-refractivity contribution in [3.05, 3.63) is 59.4 Å². The SMILES string of the molecule is COc1ccc(/C(C)=N\NC(=O)c2ccccn2)cc1CSCC(=O)O. The van der Waals surface area contributed by atoms with Gasteiger partial charge in [-0.05, 0) is 42.8 Å². The van der Waals surface area contributed by atoms with Crippen LogP contribution in [0.4, 0.5) is 0 Å². The lowest BCUT2D eigenvalue weighted by atomic mass is 10.1. The molecule has 8 heteroatoms. The Bertz CT molecular complexity index is 809. The van der Waals surface area contributed by atoms with Crippen molar-refractivity contribution in [3.63, 3.8) is 0 Å². The number of nitrogens with zero attached hydrogens (tertiary/aromatic N) is 2. The first-order valence-electron chi connectivity index (χ1n) is 7.73. The van der Waals surface area contributed by atoms with E-state index in [0.29, 0.717) is 17.2 Å². The number of hydrogen-bond donors (Lipinski definition) is 2. The van der Waals surface area contributed by atoms with E-state index in [4.69, 9.17) is 9.84 Å². The predicted molar refractivity (Wildman–Crippen MR) is 101 cm³/mol. The minimum Gasteiger partial charge on any atom is -0.496 e. The van der Waals surface area contributed by atoms with Gasteiger partial charge in [0.05, 0.1) is 18.6 Å². The summed E-state index contributed by atoms with van der Waals surface area (Å²) in [5.74, 6) is -0.0648. The maximum atomic E-state index is 12.0. The van der Waals surface area contributed by atoms with Crippen LogP contribution in [0.3, 0.4) is 0 Å². The molecule has 0 saturated heterocycles. The second-order valence-electron chi connectivity index (χ2n) is 5.27. The number of aromatic nitrogens is 1. The molecule has 7 nitrogen and oxygen atoms in total. The number of carboxylic acids is 1. The number of benzene rings is 1. The number of amides is 1. The quantitative estimate of drug-likeness (QED) is 0.545. The van der Waals surface area contributed by atoms with Crippen LogP contribution in [0.2, 0.25) is 0 Å². The van der Waals surface area contributed by atoms with Gasteiger partial charge in [-0.15, -0.1) is 11.8 Å². The van der Waals surface area contributed by atoms with Crippen LogP contribution in [0.1, 0.15) is 28.5 Å². The van der Waals surface area contributed by atoms with E-state index in [1.54, 1.807) is 38.3 Å². The summed E-state index contributed by atoms with van der Waals surface area (Å²) in [4.78, 5) is 26.6. The summed E-state index contributed by atoms with van der Waals surface area (Å²) in [5, 5.41) is 12.9. The fourth-order valence-corrected chi connectivity index (χ4v) is 2.84. The molecule has 0 radical (unpaired) electrons. The smallest absolute Gasteiger partial charge is 0.313 e. The monoisotopic (exact) mass is 373 g/mol. The van der Waals surface area contributed by atoms with Gasteiger partial charge in [-0.2, -0.15) is 5.10 Å². The number of pyridine rings is 1. The third-order valence-corrected chi connectivity index (χ3v) is 4.37. The van der Waals surface area contributed by atoms with Crippen molar-refractivity contribution >= 4 is 29.4 Å². The lowest BCUT2D eigenvalue weighted by molar-refractivity contribution is -0.133. The molecule has 2 rings (SSSR count). The molecule has 26 heavy (non-hydrogen) atoms. The summed E-state index contributed by atoms with van der Waals surface area (Å²) in [6.45, 7) is 1.77. The maximum absolute atomic E-state index is 12.0. The van der Waals surface area contributed by atoms with Crippen LogP contribution in [0.5, 0.6) is 5.75 Å². The number of hydrogen-bond acceptors (Lipinski definition) is 6. The highest BCUT2D eigenvalue weighted by Crippen LogP contribution is 2.25. The van der Waals surface area contributed by atoms with Crippen LogP contribution in [0, 0.1) is 0 Å². The van der Waals surface area contributed by atoms with Crippen LogP contribution in [0.25, 0.3) is 0 Å². The number of methoxy groups -OCH3 is 1. The van der Waals surface area contributed by atoms with E-state index in [1.807, 2.05) is 12.1 Å². The molecule has 0 saturated carbocycles. The van der Waals surface area contributed by atoms with Gasteiger partial charge in [0, 0.05) is 17.5 Å². The molecule has 0 fully saturated rings. The van der Waals surface area contributed by atoms with Gasteiger partial charge < -0.3 is 9.84 Å². The molecule has 2 aromatic rings. The van der Waals surface area contributed by atoms with Crippen LogP contribution in [0.15, 0.2) is 47.7 Å². The molecule has 0 unspecified atom stereocenters. The average molecular weight is 373 g/mol. The van der Waals surface area contributed by atoms with E-state index < -0.39 is 11.9 Å². The number of thioether (sulfide) groups is 1. The number of ether oxygens (including phenoxy) is 1. The van der Waals surface area contributed by atoms with Crippen LogP contribution >= 0.6 is 11.8 Å². The third kappa shape index (κ3) is 5.59. The van der Waals surface area contributed by atoms with Gasteiger partial charge in [0.1, 0.15) is 11.4 Å². The standard InChI is InChI=1S/C18H19N3O4S/c1-12(20-21-18(24)15-5-3-4-8-19-15)13-6-7-16(25-2)14(9-13)10-26-11-17(22)23/h3-9H,10-11H2,1-2H3,(H,21,24)(H,22,23)/b20-12-. The first-order chi connectivity index (χ1) is 12.5. The largest absolute Gasteiger partial charge is 0.496 e. The number of carbonyl (C=O) groups excluding carboxylic acids is 1. The Morgan fingerprint density at radius 3 is 2.77 bits per heavy atom. The highest BCUT2D eigenvalue weighted by Gasteiger charge is 2.09. The Morgan fingerprint density at radius 1 is 1.31 bits per heavy atom. The lowest BCUT2D eigenvalue weighted by Gasteiger charge is -2.10. The zero-order chi connectivity index (χ0) is 18.9. The van der Waals surface area contributed by atoms with E-state index >= 15 is 0 Å². The molecule has 1 heterocycles. The molecule has 0 atom stereocenters. The van der Waals surface area contributed by atoms with Gasteiger partial charge in [0.25, 0.3) is 5.91 Å². The van der Waals surface area contributed by atoms with Crippen molar-refractivity contribution in [2.45, 2.75) is 12.7 Å². The number of aliphatic carboxylic acids is 1. The zero-order valence-corrected chi connectivity index (χ0v) is 15.2. The van der Waals surface area contributed by atoms with E-state index in [9.17, 15) is 9.59 Å². The van der Waals surface area contributed by atoms with E-state index in [2.05, 4.69) is 15.5 Å². The molecule has 0 aliphatic rings. The Morgan fingerprint density at radius 2 is 2.12 bits per heavy atom. The van der Waals surface area contributed by atoms with Gasteiger partial charge in [0.2, 0.25) is 0 Å². The fourth-order valence-electron chi connectivity index (χ4n) is 2.12. The molecule has 0 bridgehead atoms. The van der Waals surface area contributed by atoms with Crippen molar-refractivity contribution < 1.29 is 19.4 Å². The first-order valence-corrected chi connectivity index (χ1v) is 8.89. The van der Waals surface area contributed by atoms with Gasteiger partial charge in [-0.25, -0.2) is 5.43 Å². The molecular formula is C18H19N3O4S. The van der Waals surface area contributed by atoms with Gasteiger partial charge in [0.15, 0.2) is 0 Å². The van der Waals surface area contributed by atoms with Gasteiger partial charge in [-0.1, -0.05) is 6.07 Å². The van der Waals surface area contributed by atoms with Crippen molar-refractivity contribution in [2.75, 3.05) is 12.9 Å². The lowest BCUT2D eigenvalue weighted by Crippen LogP contribution is -2.20. The van der Waals surface area contributed by atoms with Crippen molar-refractivity contribution in [1.29, 1.82) is 0 Å². The maximum Gasteiger partial charge on any atom is 0.313 e. The molecule has 2 N–H and O–H groups in total. The minimum absolute atomic E-state index is 0.0145. The van der Waals surface area contributed by atoms with Crippen LogP contribution < -0.4 is 10.2 Å². The number of hydrazone groups is 1. The normalized spacial score (nSPS) is 11.1. The second-order valence-corrected chi connectivity index (χ2v) is 6.25. The Labute approximate surface area is 155 Å². The summed E-state index contributed by atoms with van der Waals surface area (Å²) >= 11 is 1.28. The molecule has 0 aliphatic heterocycles. The molecule has 136 valence electrons. The molecule has 1 aromatic heterocycles. The molecule has 1 aromatic carbocycles. The first kappa shape index (κ1) is 19.5. The third-order valence-electron chi connectivity index (χ3n) is 3.40. The Balaban J connectivity index is 2.10. The van der Waals surface area contributed by atoms with Gasteiger partial charge in [-0.3, -0.25) is 14.6 Å². The topological polar surface area (TPSA) is 101 Å². The van der Waals surface area contributed by atoms with Crippen molar-refractivity contribution in [2.24, 2.45) is 5.10 Å². The molecule has 0 spiro atoms. The zero-order valence-electron chi connectivity index (χ0n) is 14.4. The highest BCUT2D eigenvalue weighted by molar-refractivity contribution is 7.99. The second kappa shape index (κ2) is 9.57. The molecule has 0 aliphatic carbocycles. The molecule has 1 amide bonds. The van der Waals surface area contributed by atoms with E-state index in [0.717, 1.165) is 11.1 Å². The van der Waals surface area contributed by atoms with Crippen LogP contribution in [-0.2, 0) is 10.5 Å². The van der Waals surface area contributed by atoms with Crippen molar-refractivity contribution in [3.8, 4) is 5.75 Å². The van der Waals surface area contributed by atoms with Crippen molar-refractivity contribution in [1.82, 2.24) is 10.4 Å². The van der Waals surface area contributed by atoms with Gasteiger partial charge >= 0.3 is 5.97 Å². The average Bonchev–Trinajstić information content (AvgIpc) is 2.66. The number of carboxylic acid groups (broad SMARTS) is 1. The van der Waals surface area contributed by atoms with E-state index in [1.165, 1.54) is 18.0 Å². The summed E-state index contributed by atoms with van der Waals surface area (Å²) in [7, 11) is 1.56. The summed E-state index contributed by atoms with van der Waals surface area (Å²) in [5.41, 5.74) is 5.04. The summed E-state index contributed by atoms with van der Waals surface area (Å²) in [6.07, 6.45) is 1.54. The number of carbonyl (C=O) groups is 2. The number of nitrogens with one attached hydrogen (secondary N) is 1. The summed E-state index contributed by atoms with van der Waals surface area (Å²) < 4.78 is 5.31. The predicted octanol–water partition coefficient (Wildman–Crippen LogP) is 2.56. The molecular weight excluding hydrogens is 354 g/mol. The van der Waals surface area contributed by atoms with Crippen LogP contribution in [-0.4, -0.2) is 40.5 Å². The fraction of sp³-hybridized carbons (Fsp3) is 0.222. The Hall–Kier alpha value is -2.87. The number of rotatable bonds is 8. The minimum atomic E-state index is -0.861. The highest BCUT2D eigenvalue weighted by atomic mass is 32.2. The van der Waals surface area contributed by atoms with E-state index in [-0.39, 0.29) is 11.4 Å². The Kier molecular flexibility index (Phi) is 7.16.